The first kappa shape index (κ1) is 11.9. The summed E-state index contributed by atoms with van der Waals surface area (Å²) < 4.78 is 22.6. The maximum Gasteiger partial charge on any atom is 0.228 e. The van der Waals surface area contributed by atoms with E-state index >= 15 is 0 Å². The molecule has 0 radical (unpaired) electrons. The van der Waals surface area contributed by atoms with Gasteiger partial charge in [-0.25, -0.2) is 10.0 Å². The van der Waals surface area contributed by atoms with Gasteiger partial charge in [0.25, 0.3) is 0 Å². The Kier molecular flexibility index (Phi) is 3.00. The Morgan fingerprint density at radius 1 is 1.56 bits per heavy atom. The van der Waals surface area contributed by atoms with E-state index in [1.807, 2.05) is 6.26 Å². The van der Waals surface area contributed by atoms with Crippen molar-refractivity contribution in [2.45, 2.75) is 12.5 Å². The van der Waals surface area contributed by atoms with E-state index in [0.717, 1.165) is 19.5 Å². The molecule has 3 rings (SSSR count). The maximum absolute atomic E-state index is 11.3. The minimum Gasteiger partial charge on any atom is -0.314 e. The molecular weight excluding hydrogens is 272 g/mol. The molecule has 3 aliphatic rings. The molecule has 1 saturated heterocycles. The van der Waals surface area contributed by atoms with Crippen LogP contribution in [0.2, 0.25) is 0 Å². The van der Waals surface area contributed by atoms with Gasteiger partial charge >= 0.3 is 0 Å². The van der Waals surface area contributed by atoms with E-state index in [-0.39, 0.29) is 10.9 Å². The lowest BCUT2D eigenvalue weighted by atomic mass is 9.99. The average molecular weight is 284 g/mol. The fourth-order valence-corrected chi connectivity index (χ4v) is 3.69. The fourth-order valence-electron chi connectivity index (χ4n) is 2.31. The van der Waals surface area contributed by atoms with Crippen LogP contribution in [0, 0.1) is 0 Å². The number of rotatable bonds is 0. The Hall–Kier alpha value is -1.12. The number of amidine groups is 1. The first-order chi connectivity index (χ1) is 8.72. The van der Waals surface area contributed by atoms with E-state index in [9.17, 15) is 8.42 Å². The quantitative estimate of drug-likeness (QED) is 0.618. The molecular formula is C10H12N4O2S2. The minimum atomic E-state index is -2.31. The van der Waals surface area contributed by atoms with Gasteiger partial charge in [-0.3, -0.25) is 0 Å². The summed E-state index contributed by atoms with van der Waals surface area (Å²) in [6.07, 6.45) is 4.54. The van der Waals surface area contributed by atoms with Gasteiger partial charge in [-0.2, -0.15) is 13.5 Å². The smallest absolute Gasteiger partial charge is 0.228 e. The summed E-state index contributed by atoms with van der Waals surface area (Å²) in [6.45, 7) is 1.71. The van der Waals surface area contributed by atoms with Gasteiger partial charge < -0.3 is 5.32 Å². The van der Waals surface area contributed by atoms with E-state index in [2.05, 4.69) is 15.4 Å². The summed E-state index contributed by atoms with van der Waals surface area (Å²) in [7, 11) is -2.31. The van der Waals surface area contributed by atoms with Crippen LogP contribution in [0.15, 0.2) is 21.9 Å². The molecule has 0 aliphatic carbocycles. The van der Waals surface area contributed by atoms with Crippen molar-refractivity contribution in [3.63, 3.8) is 0 Å². The number of fused-ring (bicyclic) bond motifs is 3. The van der Waals surface area contributed by atoms with Crippen LogP contribution >= 0.6 is 11.8 Å². The summed E-state index contributed by atoms with van der Waals surface area (Å²) >= 11 is 1.33. The van der Waals surface area contributed by atoms with Crippen molar-refractivity contribution >= 4 is 37.8 Å². The summed E-state index contributed by atoms with van der Waals surface area (Å²) in [4.78, 5) is 4.48. The number of piperidine rings is 1. The SMILES string of the molecule is CSC1=NN2C(=NC=C3CCNCC32)C1=S(=O)=O. The lowest BCUT2D eigenvalue weighted by Crippen LogP contribution is -2.48. The van der Waals surface area contributed by atoms with Crippen LogP contribution in [-0.4, -0.2) is 54.6 Å². The molecule has 0 aromatic carbocycles. The molecule has 8 heteroatoms. The van der Waals surface area contributed by atoms with Crippen molar-refractivity contribution in [2.24, 2.45) is 10.1 Å². The van der Waals surface area contributed by atoms with Gasteiger partial charge in [0.2, 0.25) is 10.3 Å². The summed E-state index contributed by atoms with van der Waals surface area (Å²) in [5, 5.41) is 9.93. The van der Waals surface area contributed by atoms with Crippen molar-refractivity contribution in [2.75, 3.05) is 19.3 Å². The molecule has 0 amide bonds. The zero-order valence-electron chi connectivity index (χ0n) is 9.75. The zero-order chi connectivity index (χ0) is 12.7. The predicted molar refractivity (Wildman–Crippen MR) is 73.5 cm³/mol. The van der Waals surface area contributed by atoms with Crippen LogP contribution in [-0.2, 0) is 10.3 Å². The summed E-state index contributed by atoms with van der Waals surface area (Å²) in [6, 6.07) is 0.0921. The largest absolute Gasteiger partial charge is 0.314 e. The van der Waals surface area contributed by atoms with Crippen LogP contribution in [0.25, 0.3) is 0 Å². The third-order valence-corrected chi connectivity index (χ3v) is 4.69. The van der Waals surface area contributed by atoms with Crippen molar-refractivity contribution in [3.05, 3.63) is 11.8 Å². The summed E-state index contributed by atoms with van der Waals surface area (Å²) in [5.41, 5.74) is 1.21. The number of hydrogen-bond acceptors (Lipinski definition) is 7. The maximum atomic E-state index is 11.3. The van der Waals surface area contributed by atoms with Crippen molar-refractivity contribution < 1.29 is 8.42 Å². The van der Waals surface area contributed by atoms with E-state index in [4.69, 9.17) is 0 Å². The molecule has 1 atom stereocenters. The molecule has 3 heterocycles. The second kappa shape index (κ2) is 4.52. The third kappa shape index (κ3) is 1.72. The molecule has 0 spiro atoms. The number of hydrazone groups is 1. The Balaban J connectivity index is 2.11. The Morgan fingerprint density at radius 2 is 2.39 bits per heavy atom. The average Bonchev–Trinajstić information content (AvgIpc) is 2.77. The van der Waals surface area contributed by atoms with Gasteiger partial charge in [0.15, 0.2) is 10.7 Å². The molecule has 1 fully saturated rings. The normalized spacial score (nSPS) is 26.1. The highest BCUT2D eigenvalue weighted by molar-refractivity contribution is 8.17. The van der Waals surface area contributed by atoms with E-state index in [0.29, 0.717) is 10.9 Å². The Bertz CT molecular complexity index is 610. The van der Waals surface area contributed by atoms with Gasteiger partial charge in [0.05, 0.1) is 6.04 Å². The first-order valence-corrected chi connectivity index (χ1v) is 7.88. The van der Waals surface area contributed by atoms with Crippen molar-refractivity contribution in [3.8, 4) is 0 Å². The molecule has 1 N–H and O–H groups in total. The first-order valence-electron chi connectivity index (χ1n) is 5.58. The highest BCUT2D eigenvalue weighted by Gasteiger charge is 2.39. The number of thioether (sulfide) groups is 1. The number of hydrogen-bond donors (Lipinski definition) is 1. The van der Waals surface area contributed by atoms with Gasteiger partial charge in [0, 0.05) is 12.7 Å². The lowest BCUT2D eigenvalue weighted by Gasteiger charge is -2.34. The molecule has 18 heavy (non-hydrogen) atoms. The molecule has 0 saturated carbocycles. The molecule has 96 valence electrons. The fraction of sp³-hybridized carbons (Fsp3) is 0.500. The highest BCUT2D eigenvalue weighted by atomic mass is 32.2. The topological polar surface area (TPSA) is 74.1 Å². The second-order valence-corrected chi connectivity index (χ2v) is 5.82. The van der Waals surface area contributed by atoms with Gasteiger partial charge in [-0.15, -0.1) is 11.8 Å². The number of nitrogens with zero attached hydrogens (tertiary/aromatic N) is 3. The molecule has 1 unspecified atom stereocenters. The Morgan fingerprint density at radius 3 is 3.11 bits per heavy atom. The van der Waals surface area contributed by atoms with Crippen LogP contribution in [0.5, 0.6) is 0 Å². The second-order valence-electron chi connectivity index (χ2n) is 4.14. The van der Waals surface area contributed by atoms with Gasteiger partial charge in [-0.05, 0) is 24.8 Å². The van der Waals surface area contributed by atoms with Crippen LogP contribution in [0.1, 0.15) is 6.42 Å². The molecule has 0 aromatic rings. The van der Waals surface area contributed by atoms with E-state index in [1.54, 1.807) is 11.2 Å². The predicted octanol–water partition coefficient (Wildman–Crippen LogP) is -0.312. The van der Waals surface area contributed by atoms with Gasteiger partial charge in [-0.1, -0.05) is 0 Å². The molecule has 3 aliphatic heterocycles. The minimum absolute atomic E-state index is 0.0921. The monoisotopic (exact) mass is 284 g/mol. The Labute approximate surface area is 110 Å². The molecule has 6 nitrogen and oxygen atoms in total. The number of aliphatic imine (C=N–C) groups is 1. The van der Waals surface area contributed by atoms with E-state index in [1.165, 1.54) is 17.3 Å². The van der Waals surface area contributed by atoms with Crippen LogP contribution in [0.4, 0.5) is 0 Å². The highest BCUT2D eigenvalue weighted by Crippen LogP contribution is 2.27. The lowest BCUT2D eigenvalue weighted by molar-refractivity contribution is 0.324. The summed E-state index contributed by atoms with van der Waals surface area (Å²) in [5.74, 6) is 0.449. The third-order valence-electron chi connectivity index (χ3n) is 3.18. The van der Waals surface area contributed by atoms with Crippen LogP contribution in [0.3, 0.4) is 0 Å². The standard InChI is InChI=1S/C10H12N4O2S2/c1-17-10-8(18(15)16)9-12-4-6-2-3-11-5-7(6)14(9)13-10/h4,7,11H,2-3,5H2,1H3. The zero-order valence-corrected chi connectivity index (χ0v) is 11.4. The van der Waals surface area contributed by atoms with Crippen LogP contribution < -0.4 is 5.32 Å². The molecule has 0 bridgehead atoms. The number of nitrogens with one attached hydrogen (secondary N) is 1. The van der Waals surface area contributed by atoms with Crippen molar-refractivity contribution in [1.82, 2.24) is 10.3 Å². The van der Waals surface area contributed by atoms with Gasteiger partial charge in [0.1, 0.15) is 5.04 Å². The molecule has 0 aromatic heterocycles. The van der Waals surface area contributed by atoms with Crippen molar-refractivity contribution in [1.29, 1.82) is 0 Å². The van der Waals surface area contributed by atoms with E-state index < -0.39 is 10.3 Å².